The molecule has 38 heavy (non-hydrogen) atoms. The van der Waals surface area contributed by atoms with Crippen LogP contribution in [0.1, 0.15) is 70.8 Å². The molecule has 3 rings (SSSR count). The smallest absolute Gasteiger partial charge is 0.408 e. The Labute approximate surface area is 224 Å². The van der Waals surface area contributed by atoms with E-state index >= 15 is 0 Å². The Balaban J connectivity index is 1.66. The van der Waals surface area contributed by atoms with Crippen molar-refractivity contribution in [2.45, 2.75) is 96.1 Å². The number of nitrogens with one attached hydrogen (secondary N) is 4. The zero-order valence-electron chi connectivity index (χ0n) is 22.4. The SMILES string of the molecule is CC(C)C[C@H](NC(=O)OCc1ccccc1)C(=O)N[C@@H](CC1CCNC1=O)C(O)C(=O)NC1CCCCC1. The number of carbonyl (C=O) groups excluding carboxylic acids is 4. The molecule has 2 aliphatic rings. The molecule has 0 radical (unpaired) electrons. The molecule has 1 aromatic carbocycles. The van der Waals surface area contributed by atoms with Crippen LogP contribution in [0.5, 0.6) is 0 Å². The lowest BCUT2D eigenvalue weighted by molar-refractivity contribution is -0.135. The van der Waals surface area contributed by atoms with Crippen molar-refractivity contribution in [1.29, 1.82) is 0 Å². The molecule has 4 atom stereocenters. The van der Waals surface area contributed by atoms with Gasteiger partial charge in [0, 0.05) is 18.5 Å². The summed E-state index contributed by atoms with van der Waals surface area (Å²) in [5.74, 6) is -1.62. The zero-order valence-corrected chi connectivity index (χ0v) is 22.4. The molecule has 1 saturated carbocycles. The normalized spacial score (nSPS) is 20.2. The van der Waals surface area contributed by atoms with Crippen molar-refractivity contribution in [3.8, 4) is 0 Å². The van der Waals surface area contributed by atoms with Gasteiger partial charge in [0.2, 0.25) is 11.8 Å². The maximum atomic E-state index is 13.3. The van der Waals surface area contributed by atoms with Crippen molar-refractivity contribution in [2.75, 3.05) is 6.54 Å². The first kappa shape index (κ1) is 29.4. The highest BCUT2D eigenvalue weighted by atomic mass is 16.5. The summed E-state index contributed by atoms with van der Waals surface area (Å²) in [6.45, 7) is 4.41. The molecule has 5 N–H and O–H groups in total. The Kier molecular flexibility index (Phi) is 11.4. The maximum absolute atomic E-state index is 13.3. The van der Waals surface area contributed by atoms with Gasteiger partial charge >= 0.3 is 6.09 Å². The van der Waals surface area contributed by atoms with Gasteiger partial charge in [-0.25, -0.2) is 4.79 Å². The van der Waals surface area contributed by atoms with Crippen molar-refractivity contribution >= 4 is 23.8 Å². The molecule has 0 bridgehead atoms. The molecule has 0 spiro atoms. The van der Waals surface area contributed by atoms with Gasteiger partial charge in [0.05, 0.1) is 6.04 Å². The van der Waals surface area contributed by atoms with E-state index in [9.17, 15) is 24.3 Å². The number of aliphatic hydroxyl groups is 1. The number of alkyl carbamates (subject to hydrolysis) is 1. The van der Waals surface area contributed by atoms with Crippen LogP contribution in [-0.2, 0) is 25.7 Å². The first-order chi connectivity index (χ1) is 18.2. The van der Waals surface area contributed by atoms with E-state index in [1.165, 1.54) is 0 Å². The summed E-state index contributed by atoms with van der Waals surface area (Å²) < 4.78 is 5.29. The topological polar surface area (TPSA) is 146 Å². The van der Waals surface area contributed by atoms with E-state index < -0.39 is 42.0 Å². The molecule has 1 saturated heterocycles. The third-order valence-corrected chi connectivity index (χ3v) is 7.16. The van der Waals surface area contributed by atoms with Gasteiger partial charge in [0.25, 0.3) is 5.91 Å². The predicted molar refractivity (Wildman–Crippen MR) is 142 cm³/mol. The molecule has 2 fully saturated rings. The van der Waals surface area contributed by atoms with Gasteiger partial charge in [-0.3, -0.25) is 14.4 Å². The average molecular weight is 531 g/mol. The minimum absolute atomic E-state index is 0.00762. The van der Waals surface area contributed by atoms with E-state index in [-0.39, 0.29) is 30.9 Å². The fourth-order valence-corrected chi connectivity index (χ4v) is 5.05. The minimum atomic E-state index is -1.53. The third kappa shape index (κ3) is 9.31. The van der Waals surface area contributed by atoms with Crippen LogP contribution in [-0.4, -0.2) is 59.7 Å². The second kappa shape index (κ2) is 14.7. The predicted octanol–water partition coefficient (Wildman–Crippen LogP) is 2.15. The van der Waals surface area contributed by atoms with E-state index in [1.54, 1.807) is 0 Å². The number of amides is 4. The van der Waals surface area contributed by atoms with Gasteiger partial charge < -0.3 is 31.1 Å². The van der Waals surface area contributed by atoms with E-state index in [2.05, 4.69) is 21.3 Å². The van der Waals surface area contributed by atoms with Crippen LogP contribution in [0, 0.1) is 11.8 Å². The van der Waals surface area contributed by atoms with Crippen LogP contribution < -0.4 is 21.3 Å². The Hall–Kier alpha value is -3.14. The van der Waals surface area contributed by atoms with E-state index in [1.807, 2.05) is 44.2 Å². The fourth-order valence-electron chi connectivity index (χ4n) is 5.05. The number of benzene rings is 1. The van der Waals surface area contributed by atoms with Gasteiger partial charge in [0.1, 0.15) is 12.6 Å². The number of aliphatic hydroxyl groups excluding tert-OH is 1. The van der Waals surface area contributed by atoms with Crippen LogP contribution >= 0.6 is 0 Å². The van der Waals surface area contributed by atoms with Crippen LogP contribution in [0.4, 0.5) is 4.79 Å². The first-order valence-electron chi connectivity index (χ1n) is 13.8. The lowest BCUT2D eigenvalue weighted by Gasteiger charge is -2.30. The third-order valence-electron chi connectivity index (χ3n) is 7.16. The highest BCUT2D eigenvalue weighted by molar-refractivity contribution is 5.88. The summed E-state index contributed by atoms with van der Waals surface area (Å²) in [5, 5.41) is 22.0. The van der Waals surface area contributed by atoms with Gasteiger partial charge in [-0.15, -0.1) is 0 Å². The van der Waals surface area contributed by atoms with Crippen LogP contribution in [0.2, 0.25) is 0 Å². The van der Waals surface area contributed by atoms with E-state index in [4.69, 9.17) is 4.74 Å². The van der Waals surface area contributed by atoms with Gasteiger partial charge in [-0.1, -0.05) is 63.4 Å². The van der Waals surface area contributed by atoms with Crippen molar-refractivity contribution in [1.82, 2.24) is 21.3 Å². The number of hydrogen-bond acceptors (Lipinski definition) is 6. The summed E-state index contributed by atoms with van der Waals surface area (Å²) in [7, 11) is 0. The average Bonchev–Trinajstić information content (AvgIpc) is 3.31. The Bertz CT molecular complexity index is 935. The van der Waals surface area contributed by atoms with E-state index in [0.29, 0.717) is 19.4 Å². The van der Waals surface area contributed by atoms with Crippen LogP contribution in [0.15, 0.2) is 30.3 Å². The van der Waals surface area contributed by atoms with E-state index in [0.717, 1.165) is 37.7 Å². The number of ether oxygens (including phenoxy) is 1. The second-order valence-corrected chi connectivity index (χ2v) is 10.8. The number of hydrogen-bond donors (Lipinski definition) is 5. The molecule has 10 heteroatoms. The monoisotopic (exact) mass is 530 g/mol. The van der Waals surface area contributed by atoms with Gasteiger partial charge in [-0.2, -0.15) is 0 Å². The molecule has 0 aromatic heterocycles. The molecule has 10 nitrogen and oxygen atoms in total. The minimum Gasteiger partial charge on any atom is -0.445 e. The number of carbonyl (C=O) groups is 4. The Morgan fingerprint density at radius 3 is 2.37 bits per heavy atom. The lowest BCUT2D eigenvalue weighted by Crippen LogP contribution is -2.57. The quantitative estimate of drug-likeness (QED) is 0.280. The summed E-state index contributed by atoms with van der Waals surface area (Å²) in [6.07, 6.45) is 3.61. The highest BCUT2D eigenvalue weighted by Gasteiger charge is 2.36. The molecule has 4 amide bonds. The summed E-state index contributed by atoms with van der Waals surface area (Å²) in [6, 6.07) is 7.26. The van der Waals surface area contributed by atoms with Crippen LogP contribution in [0.3, 0.4) is 0 Å². The summed E-state index contributed by atoms with van der Waals surface area (Å²) >= 11 is 0. The summed E-state index contributed by atoms with van der Waals surface area (Å²) in [4.78, 5) is 51.0. The molecular formula is C28H42N4O6. The number of rotatable bonds is 12. The largest absolute Gasteiger partial charge is 0.445 e. The first-order valence-corrected chi connectivity index (χ1v) is 13.8. The second-order valence-electron chi connectivity index (χ2n) is 10.8. The Morgan fingerprint density at radius 1 is 1.03 bits per heavy atom. The lowest BCUT2D eigenvalue weighted by atomic mass is 9.92. The molecule has 1 heterocycles. The van der Waals surface area contributed by atoms with Crippen molar-refractivity contribution in [2.24, 2.45) is 11.8 Å². The molecule has 1 aliphatic heterocycles. The van der Waals surface area contributed by atoms with Crippen molar-refractivity contribution in [3.05, 3.63) is 35.9 Å². The van der Waals surface area contributed by atoms with Crippen LogP contribution in [0.25, 0.3) is 0 Å². The standard InChI is InChI=1S/C28H42N4O6/c1-18(2)15-23(32-28(37)38-17-19-9-5-3-6-10-19)26(35)31-22(16-20-13-14-29-25(20)34)24(33)27(36)30-21-11-7-4-8-12-21/h3,5-6,9-10,18,20-24,33H,4,7-8,11-17H2,1-2H3,(H,29,34)(H,30,36)(H,31,35)(H,32,37)/t20?,22-,23-,24?/m0/s1. The fraction of sp³-hybridized carbons (Fsp3) is 0.643. The molecule has 2 unspecified atom stereocenters. The maximum Gasteiger partial charge on any atom is 0.408 e. The molecule has 1 aliphatic carbocycles. The van der Waals surface area contributed by atoms with Gasteiger partial charge in [-0.05, 0) is 43.6 Å². The Morgan fingerprint density at radius 2 is 1.74 bits per heavy atom. The van der Waals surface area contributed by atoms with Gasteiger partial charge in [0.15, 0.2) is 6.10 Å². The molecular weight excluding hydrogens is 488 g/mol. The van der Waals surface area contributed by atoms with Crippen molar-refractivity contribution < 1.29 is 29.0 Å². The van der Waals surface area contributed by atoms with Crippen molar-refractivity contribution in [3.63, 3.8) is 0 Å². The highest BCUT2D eigenvalue weighted by Crippen LogP contribution is 2.20. The molecule has 210 valence electrons. The summed E-state index contributed by atoms with van der Waals surface area (Å²) in [5.41, 5.74) is 0.814. The zero-order chi connectivity index (χ0) is 27.5. The molecule has 1 aromatic rings.